The number of rotatable bonds is 3. The number of sulfonamides is 1. The Bertz CT molecular complexity index is 810. The van der Waals surface area contributed by atoms with Crippen LogP contribution in [0.25, 0.3) is 0 Å². The van der Waals surface area contributed by atoms with Crippen LogP contribution < -0.4 is 4.90 Å². The number of aromatic nitrogens is 2. The molecule has 24 heavy (non-hydrogen) atoms. The minimum Gasteiger partial charge on any atom is -0.369 e. The number of piperazine rings is 1. The Morgan fingerprint density at radius 2 is 1.54 bits per heavy atom. The fourth-order valence-electron chi connectivity index (χ4n) is 3.37. The van der Waals surface area contributed by atoms with E-state index >= 15 is 0 Å². The van der Waals surface area contributed by atoms with Gasteiger partial charge in [0.1, 0.15) is 4.90 Å². The number of anilines is 1. The van der Waals surface area contributed by atoms with Crippen LogP contribution in [0.1, 0.15) is 22.5 Å². The van der Waals surface area contributed by atoms with Crippen molar-refractivity contribution in [3.05, 3.63) is 40.7 Å². The molecule has 0 amide bonds. The van der Waals surface area contributed by atoms with Crippen molar-refractivity contribution in [1.29, 1.82) is 0 Å². The maximum absolute atomic E-state index is 12.9. The van der Waals surface area contributed by atoms with Gasteiger partial charge in [0.25, 0.3) is 0 Å². The van der Waals surface area contributed by atoms with Gasteiger partial charge in [-0.2, -0.15) is 9.40 Å². The van der Waals surface area contributed by atoms with E-state index in [4.69, 9.17) is 0 Å². The lowest BCUT2D eigenvalue weighted by Gasteiger charge is -2.35. The van der Waals surface area contributed by atoms with Gasteiger partial charge in [-0.3, -0.25) is 5.10 Å². The zero-order valence-corrected chi connectivity index (χ0v) is 15.4. The van der Waals surface area contributed by atoms with Gasteiger partial charge >= 0.3 is 0 Å². The summed E-state index contributed by atoms with van der Waals surface area (Å²) in [6.45, 7) is 10.00. The molecule has 2 heterocycles. The maximum Gasteiger partial charge on any atom is 0.246 e. The van der Waals surface area contributed by atoms with E-state index in [0.29, 0.717) is 42.5 Å². The molecule has 0 radical (unpaired) electrons. The Morgan fingerprint density at radius 3 is 2.04 bits per heavy atom. The van der Waals surface area contributed by atoms with Crippen molar-refractivity contribution in [1.82, 2.24) is 14.5 Å². The van der Waals surface area contributed by atoms with Crippen molar-refractivity contribution < 1.29 is 8.42 Å². The predicted octanol–water partition coefficient (Wildman–Crippen LogP) is 2.15. The first kappa shape index (κ1) is 17.0. The first-order valence-corrected chi connectivity index (χ1v) is 9.58. The van der Waals surface area contributed by atoms with E-state index in [2.05, 4.69) is 47.1 Å². The number of aryl methyl sites for hydroxylation is 4. The number of hydrogen-bond acceptors (Lipinski definition) is 4. The van der Waals surface area contributed by atoms with E-state index in [0.717, 1.165) is 0 Å². The van der Waals surface area contributed by atoms with Crippen LogP contribution in [0, 0.1) is 27.7 Å². The smallest absolute Gasteiger partial charge is 0.246 e. The van der Waals surface area contributed by atoms with Crippen molar-refractivity contribution in [3.8, 4) is 0 Å². The zero-order valence-electron chi connectivity index (χ0n) is 14.6. The molecule has 0 spiro atoms. The Kier molecular flexibility index (Phi) is 4.40. The van der Waals surface area contributed by atoms with Crippen molar-refractivity contribution in [2.75, 3.05) is 31.1 Å². The van der Waals surface area contributed by atoms with E-state index in [9.17, 15) is 8.42 Å². The van der Waals surface area contributed by atoms with Gasteiger partial charge in [-0.15, -0.1) is 0 Å². The highest BCUT2D eigenvalue weighted by Crippen LogP contribution is 2.25. The molecule has 0 bridgehead atoms. The summed E-state index contributed by atoms with van der Waals surface area (Å²) in [7, 11) is -3.49. The summed E-state index contributed by atoms with van der Waals surface area (Å²) in [6.07, 6.45) is 0. The number of nitrogens with one attached hydrogen (secondary N) is 1. The van der Waals surface area contributed by atoms with E-state index < -0.39 is 10.0 Å². The van der Waals surface area contributed by atoms with Gasteiger partial charge < -0.3 is 4.90 Å². The third kappa shape index (κ3) is 3.06. The minimum absolute atomic E-state index is 0.322. The van der Waals surface area contributed by atoms with Gasteiger partial charge in [0, 0.05) is 31.9 Å². The zero-order chi connectivity index (χ0) is 17.5. The van der Waals surface area contributed by atoms with Crippen LogP contribution in [0.5, 0.6) is 0 Å². The van der Waals surface area contributed by atoms with Gasteiger partial charge in [0.15, 0.2) is 0 Å². The van der Waals surface area contributed by atoms with Gasteiger partial charge in [-0.05, 0) is 51.0 Å². The molecule has 0 aliphatic carbocycles. The second-order valence-electron chi connectivity index (χ2n) is 6.50. The molecular weight excluding hydrogens is 324 g/mol. The third-order valence-electron chi connectivity index (χ3n) is 4.47. The van der Waals surface area contributed by atoms with Crippen LogP contribution in [-0.2, 0) is 10.0 Å². The quantitative estimate of drug-likeness (QED) is 0.923. The highest BCUT2D eigenvalue weighted by Gasteiger charge is 2.32. The standard InChI is InChI=1S/C17H24N4O2S/c1-12-9-13(2)11-16(10-12)20-5-7-21(8-6-20)24(22,23)17-14(3)18-19-15(17)4/h9-11H,5-8H2,1-4H3,(H,18,19). The summed E-state index contributed by atoms with van der Waals surface area (Å²) < 4.78 is 27.3. The van der Waals surface area contributed by atoms with E-state index in [1.807, 2.05) is 0 Å². The van der Waals surface area contributed by atoms with Crippen LogP contribution in [-0.4, -0.2) is 49.1 Å². The molecule has 1 aromatic carbocycles. The number of aromatic amines is 1. The molecule has 0 unspecified atom stereocenters. The van der Waals surface area contributed by atoms with Crippen molar-refractivity contribution >= 4 is 15.7 Å². The van der Waals surface area contributed by atoms with E-state index in [1.165, 1.54) is 16.8 Å². The second-order valence-corrected chi connectivity index (χ2v) is 8.37. The van der Waals surface area contributed by atoms with Crippen molar-refractivity contribution in [2.45, 2.75) is 32.6 Å². The van der Waals surface area contributed by atoms with E-state index in [-0.39, 0.29) is 0 Å². The predicted molar refractivity (Wildman–Crippen MR) is 94.9 cm³/mol. The fourth-order valence-corrected chi connectivity index (χ4v) is 5.12. The molecule has 1 aliphatic rings. The largest absolute Gasteiger partial charge is 0.369 e. The summed E-state index contributed by atoms with van der Waals surface area (Å²) in [6, 6.07) is 6.46. The van der Waals surface area contributed by atoms with E-state index in [1.54, 1.807) is 18.2 Å². The highest BCUT2D eigenvalue weighted by atomic mass is 32.2. The van der Waals surface area contributed by atoms with Crippen molar-refractivity contribution in [3.63, 3.8) is 0 Å². The number of nitrogens with zero attached hydrogens (tertiary/aromatic N) is 3. The molecule has 1 aliphatic heterocycles. The molecule has 3 rings (SSSR count). The monoisotopic (exact) mass is 348 g/mol. The van der Waals surface area contributed by atoms with Gasteiger partial charge in [-0.1, -0.05) is 6.07 Å². The average Bonchev–Trinajstić information content (AvgIpc) is 2.86. The Labute approximate surface area is 143 Å². The summed E-state index contributed by atoms with van der Waals surface area (Å²) in [5.74, 6) is 0. The number of H-pyrrole nitrogens is 1. The van der Waals surface area contributed by atoms with Crippen LogP contribution in [0.15, 0.2) is 23.1 Å². The summed E-state index contributed by atoms with van der Waals surface area (Å²) in [5, 5.41) is 6.78. The number of hydrogen-bond donors (Lipinski definition) is 1. The average molecular weight is 348 g/mol. The Hall–Kier alpha value is -1.86. The second kappa shape index (κ2) is 6.22. The highest BCUT2D eigenvalue weighted by molar-refractivity contribution is 7.89. The molecule has 6 nitrogen and oxygen atoms in total. The van der Waals surface area contributed by atoms with Crippen molar-refractivity contribution in [2.24, 2.45) is 0 Å². The molecule has 130 valence electrons. The molecule has 0 saturated carbocycles. The Balaban J connectivity index is 1.77. The molecule has 0 atom stereocenters. The fraction of sp³-hybridized carbons (Fsp3) is 0.471. The number of benzene rings is 1. The van der Waals surface area contributed by atoms with Crippen LogP contribution in [0.3, 0.4) is 0 Å². The molecular formula is C17H24N4O2S. The molecule has 1 N–H and O–H groups in total. The molecule has 1 fully saturated rings. The maximum atomic E-state index is 12.9. The summed E-state index contributed by atoms with van der Waals surface area (Å²) in [5.41, 5.74) is 4.75. The first-order chi connectivity index (χ1) is 11.3. The first-order valence-electron chi connectivity index (χ1n) is 8.14. The molecule has 1 aromatic heterocycles. The third-order valence-corrected chi connectivity index (χ3v) is 6.63. The van der Waals surface area contributed by atoms with Gasteiger partial charge in [0.05, 0.1) is 11.4 Å². The summed E-state index contributed by atoms with van der Waals surface area (Å²) in [4.78, 5) is 2.57. The normalized spacial score (nSPS) is 16.6. The van der Waals surface area contributed by atoms with Gasteiger partial charge in [0.2, 0.25) is 10.0 Å². The molecule has 2 aromatic rings. The topological polar surface area (TPSA) is 69.3 Å². The van der Waals surface area contributed by atoms with Gasteiger partial charge in [-0.25, -0.2) is 8.42 Å². The van der Waals surface area contributed by atoms with Crippen LogP contribution in [0.4, 0.5) is 5.69 Å². The lowest BCUT2D eigenvalue weighted by Crippen LogP contribution is -2.48. The molecule has 7 heteroatoms. The SMILES string of the molecule is Cc1cc(C)cc(N2CCN(S(=O)(=O)c3c(C)n[nH]c3C)CC2)c1. The van der Waals surface area contributed by atoms with Crippen LogP contribution >= 0.6 is 0 Å². The Morgan fingerprint density at radius 1 is 0.958 bits per heavy atom. The lowest BCUT2D eigenvalue weighted by molar-refractivity contribution is 0.384. The van der Waals surface area contributed by atoms with Crippen LogP contribution in [0.2, 0.25) is 0 Å². The lowest BCUT2D eigenvalue weighted by atomic mass is 10.1. The summed E-state index contributed by atoms with van der Waals surface area (Å²) >= 11 is 0. The molecule has 1 saturated heterocycles. The minimum atomic E-state index is -3.49.